The van der Waals surface area contributed by atoms with Crippen molar-refractivity contribution in [3.63, 3.8) is 0 Å². The summed E-state index contributed by atoms with van der Waals surface area (Å²) in [5, 5.41) is -0.108. The predicted molar refractivity (Wildman–Crippen MR) is 61.3 cm³/mol. The summed E-state index contributed by atoms with van der Waals surface area (Å²) in [5.74, 6) is 0. The van der Waals surface area contributed by atoms with Crippen LogP contribution in [0, 0.1) is 6.92 Å². The van der Waals surface area contributed by atoms with Gasteiger partial charge in [0.15, 0.2) is 0 Å². The average molecular weight is 274 g/mol. The Bertz CT molecular complexity index is 638. The normalized spacial score (nSPS) is 11.4. The lowest BCUT2D eigenvalue weighted by atomic mass is 10.5. The SMILES string of the molecule is Cc1coc(NS(=O)(=O)c2cccnc2Cl)n1. The van der Waals surface area contributed by atoms with Gasteiger partial charge in [-0.05, 0) is 19.1 Å². The van der Waals surface area contributed by atoms with Gasteiger partial charge in [0, 0.05) is 6.20 Å². The molecule has 0 aliphatic heterocycles. The molecule has 1 N–H and O–H groups in total. The summed E-state index contributed by atoms with van der Waals surface area (Å²) < 4.78 is 30.9. The molecule has 0 amide bonds. The van der Waals surface area contributed by atoms with Crippen molar-refractivity contribution in [1.29, 1.82) is 0 Å². The Labute approximate surface area is 103 Å². The van der Waals surface area contributed by atoms with Crippen LogP contribution < -0.4 is 4.72 Å². The van der Waals surface area contributed by atoms with E-state index in [-0.39, 0.29) is 16.1 Å². The molecule has 0 aliphatic rings. The maximum absolute atomic E-state index is 11.9. The number of pyridine rings is 1. The number of aromatic nitrogens is 2. The summed E-state index contributed by atoms with van der Waals surface area (Å²) in [5.41, 5.74) is 0.569. The Morgan fingerprint density at radius 2 is 2.24 bits per heavy atom. The second-order valence-electron chi connectivity index (χ2n) is 3.19. The molecule has 2 aromatic rings. The van der Waals surface area contributed by atoms with E-state index in [2.05, 4.69) is 14.7 Å². The number of nitrogens with zero attached hydrogens (tertiary/aromatic N) is 2. The van der Waals surface area contributed by atoms with Crippen LogP contribution in [-0.2, 0) is 10.0 Å². The van der Waals surface area contributed by atoms with Gasteiger partial charge in [-0.25, -0.2) is 18.1 Å². The van der Waals surface area contributed by atoms with E-state index in [4.69, 9.17) is 16.0 Å². The van der Waals surface area contributed by atoms with Crippen molar-refractivity contribution in [2.75, 3.05) is 4.72 Å². The zero-order chi connectivity index (χ0) is 12.5. The molecule has 2 heterocycles. The van der Waals surface area contributed by atoms with E-state index in [9.17, 15) is 8.42 Å². The van der Waals surface area contributed by atoms with Crippen LogP contribution in [0.3, 0.4) is 0 Å². The molecule has 0 aromatic carbocycles. The highest BCUT2D eigenvalue weighted by atomic mass is 35.5. The second-order valence-corrected chi connectivity index (χ2v) is 5.20. The fourth-order valence-corrected chi connectivity index (χ4v) is 2.53. The van der Waals surface area contributed by atoms with E-state index in [1.807, 2.05) is 0 Å². The minimum absolute atomic E-state index is 0.108. The standard InChI is InChI=1S/C9H8ClN3O3S/c1-6-5-16-9(12-6)13-17(14,15)7-3-2-4-11-8(7)10/h2-5H,1H3,(H,12,13). The van der Waals surface area contributed by atoms with E-state index in [0.29, 0.717) is 5.69 Å². The Balaban J connectivity index is 2.35. The van der Waals surface area contributed by atoms with Gasteiger partial charge in [0.25, 0.3) is 10.0 Å². The summed E-state index contributed by atoms with van der Waals surface area (Å²) in [4.78, 5) is 7.39. The van der Waals surface area contributed by atoms with Crippen LogP contribution in [0.25, 0.3) is 0 Å². The van der Waals surface area contributed by atoms with Crippen LogP contribution in [0.1, 0.15) is 5.69 Å². The largest absolute Gasteiger partial charge is 0.431 e. The molecular weight excluding hydrogens is 266 g/mol. The molecule has 0 unspecified atom stereocenters. The molecule has 2 aromatic heterocycles. The molecule has 8 heteroatoms. The molecule has 0 saturated heterocycles. The number of oxazole rings is 1. The Morgan fingerprint density at radius 3 is 2.82 bits per heavy atom. The first-order valence-electron chi connectivity index (χ1n) is 4.54. The Kier molecular flexibility index (Phi) is 3.03. The van der Waals surface area contributed by atoms with Crippen molar-refractivity contribution in [3.05, 3.63) is 35.4 Å². The maximum atomic E-state index is 11.9. The van der Waals surface area contributed by atoms with Gasteiger partial charge in [-0.3, -0.25) is 0 Å². The monoisotopic (exact) mass is 273 g/mol. The van der Waals surface area contributed by atoms with E-state index in [1.54, 1.807) is 6.92 Å². The minimum atomic E-state index is -3.83. The van der Waals surface area contributed by atoms with Gasteiger partial charge in [-0.2, -0.15) is 4.98 Å². The van der Waals surface area contributed by atoms with E-state index in [1.165, 1.54) is 24.6 Å². The lowest BCUT2D eigenvalue weighted by Gasteiger charge is -2.04. The van der Waals surface area contributed by atoms with Crippen LogP contribution in [-0.4, -0.2) is 18.4 Å². The number of hydrogen-bond donors (Lipinski definition) is 1. The number of aryl methyl sites for hydroxylation is 1. The highest BCUT2D eigenvalue weighted by molar-refractivity contribution is 7.92. The quantitative estimate of drug-likeness (QED) is 0.863. The molecule has 0 spiro atoms. The van der Waals surface area contributed by atoms with Crippen molar-refractivity contribution in [2.24, 2.45) is 0 Å². The van der Waals surface area contributed by atoms with E-state index < -0.39 is 10.0 Å². The topological polar surface area (TPSA) is 85.1 Å². The summed E-state index contributed by atoms with van der Waals surface area (Å²) >= 11 is 5.70. The summed E-state index contributed by atoms with van der Waals surface area (Å²) in [6.07, 6.45) is 2.74. The number of hydrogen-bond acceptors (Lipinski definition) is 5. The van der Waals surface area contributed by atoms with Crippen LogP contribution in [0.5, 0.6) is 0 Å². The summed E-state index contributed by atoms with van der Waals surface area (Å²) in [7, 11) is -3.83. The van der Waals surface area contributed by atoms with Crippen LogP contribution in [0.4, 0.5) is 6.01 Å². The lowest BCUT2D eigenvalue weighted by molar-refractivity contribution is 0.569. The smallest absolute Gasteiger partial charge is 0.309 e. The first kappa shape index (κ1) is 11.9. The molecule has 0 bridgehead atoms. The number of nitrogens with one attached hydrogen (secondary N) is 1. The molecule has 0 atom stereocenters. The van der Waals surface area contributed by atoms with E-state index in [0.717, 1.165) is 0 Å². The highest BCUT2D eigenvalue weighted by Crippen LogP contribution is 2.20. The summed E-state index contributed by atoms with van der Waals surface area (Å²) in [6, 6.07) is 2.71. The van der Waals surface area contributed by atoms with E-state index >= 15 is 0 Å². The average Bonchev–Trinajstić information content (AvgIpc) is 2.63. The number of halogens is 1. The minimum Gasteiger partial charge on any atom is -0.431 e. The number of rotatable bonds is 3. The lowest BCUT2D eigenvalue weighted by Crippen LogP contribution is -2.14. The fourth-order valence-electron chi connectivity index (χ4n) is 1.14. The van der Waals surface area contributed by atoms with Crippen molar-refractivity contribution in [1.82, 2.24) is 9.97 Å². The van der Waals surface area contributed by atoms with Crippen molar-refractivity contribution >= 4 is 27.6 Å². The molecule has 2 rings (SSSR count). The molecule has 0 aliphatic carbocycles. The molecular formula is C9H8ClN3O3S. The Hall–Kier alpha value is -1.60. The van der Waals surface area contributed by atoms with Crippen LogP contribution >= 0.6 is 11.6 Å². The molecule has 0 fully saturated rings. The van der Waals surface area contributed by atoms with Gasteiger partial charge in [0.2, 0.25) is 0 Å². The van der Waals surface area contributed by atoms with Gasteiger partial charge in [-0.1, -0.05) is 11.6 Å². The molecule has 0 radical (unpaired) electrons. The van der Waals surface area contributed by atoms with Gasteiger partial charge < -0.3 is 4.42 Å². The second kappa shape index (κ2) is 4.34. The third-order valence-electron chi connectivity index (χ3n) is 1.86. The maximum Gasteiger partial charge on any atom is 0.309 e. The summed E-state index contributed by atoms with van der Waals surface area (Å²) in [6.45, 7) is 1.68. The van der Waals surface area contributed by atoms with Crippen molar-refractivity contribution < 1.29 is 12.8 Å². The molecule has 6 nitrogen and oxygen atoms in total. The first-order valence-corrected chi connectivity index (χ1v) is 6.40. The zero-order valence-electron chi connectivity index (χ0n) is 8.71. The third-order valence-corrected chi connectivity index (χ3v) is 3.62. The number of anilines is 1. The first-order chi connectivity index (χ1) is 7.99. The highest BCUT2D eigenvalue weighted by Gasteiger charge is 2.20. The van der Waals surface area contributed by atoms with Gasteiger partial charge in [0.05, 0.1) is 5.69 Å². The van der Waals surface area contributed by atoms with Gasteiger partial charge >= 0.3 is 6.01 Å². The number of sulfonamides is 1. The Morgan fingerprint density at radius 1 is 1.47 bits per heavy atom. The van der Waals surface area contributed by atoms with Crippen LogP contribution in [0.15, 0.2) is 33.9 Å². The van der Waals surface area contributed by atoms with Crippen molar-refractivity contribution in [3.8, 4) is 0 Å². The zero-order valence-corrected chi connectivity index (χ0v) is 10.3. The third kappa shape index (κ3) is 2.56. The predicted octanol–water partition coefficient (Wildman–Crippen LogP) is 1.83. The van der Waals surface area contributed by atoms with Crippen molar-refractivity contribution in [2.45, 2.75) is 11.8 Å². The molecule has 90 valence electrons. The van der Waals surface area contributed by atoms with Gasteiger partial charge in [-0.15, -0.1) is 0 Å². The fraction of sp³-hybridized carbons (Fsp3) is 0.111. The van der Waals surface area contributed by atoms with Gasteiger partial charge in [0.1, 0.15) is 16.3 Å². The van der Waals surface area contributed by atoms with Crippen LogP contribution in [0.2, 0.25) is 5.15 Å². The molecule has 0 saturated carbocycles. The molecule has 17 heavy (non-hydrogen) atoms.